The van der Waals surface area contributed by atoms with Crippen LogP contribution < -0.4 is 9.46 Å². The average molecular weight is 334 g/mol. The summed E-state index contributed by atoms with van der Waals surface area (Å²) in [4.78, 5) is -0.521. The third-order valence-electron chi connectivity index (χ3n) is 2.55. The molecule has 0 aliphatic rings. The highest BCUT2D eigenvalue weighted by atomic mass is 35.5. The van der Waals surface area contributed by atoms with Crippen molar-refractivity contribution in [2.24, 2.45) is 0 Å². The van der Waals surface area contributed by atoms with Gasteiger partial charge in [0.2, 0.25) is 0 Å². The first kappa shape index (κ1) is 15.5. The fourth-order valence-electron chi connectivity index (χ4n) is 1.63. The number of hydrogen-bond donors (Lipinski definition) is 1. The fourth-order valence-corrected chi connectivity index (χ4v) is 2.98. The third kappa shape index (κ3) is 3.62. The Morgan fingerprint density at radius 3 is 2.24 bits per heavy atom. The van der Waals surface area contributed by atoms with Crippen LogP contribution in [0, 0.1) is 11.6 Å². The number of anilines is 1. The number of halogens is 3. The topological polar surface area (TPSA) is 55.4 Å². The molecule has 0 atom stereocenters. The summed E-state index contributed by atoms with van der Waals surface area (Å²) in [7, 11) is -2.71. The molecule has 21 heavy (non-hydrogen) atoms. The minimum atomic E-state index is -4.12. The molecule has 0 fully saturated rings. The SMILES string of the molecule is COc1ccc(NS(=O)(=O)c2cc(F)cc(F)c2)cc1Cl. The highest BCUT2D eigenvalue weighted by molar-refractivity contribution is 7.92. The van der Waals surface area contributed by atoms with Gasteiger partial charge in [0, 0.05) is 6.07 Å². The van der Waals surface area contributed by atoms with Gasteiger partial charge in [0.25, 0.3) is 10.0 Å². The van der Waals surface area contributed by atoms with E-state index in [9.17, 15) is 17.2 Å². The zero-order valence-corrected chi connectivity index (χ0v) is 12.3. The Hall–Kier alpha value is -1.86. The first-order chi connectivity index (χ1) is 9.81. The number of rotatable bonds is 4. The van der Waals surface area contributed by atoms with E-state index < -0.39 is 26.6 Å². The molecule has 0 saturated carbocycles. The lowest BCUT2D eigenvalue weighted by molar-refractivity contribution is 0.415. The van der Waals surface area contributed by atoms with Crippen LogP contribution in [0.2, 0.25) is 5.02 Å². The second-order valence-electron chi connectivity index (χ2n) is 4.06. The third-order valence-corrected chi connectivity index (χ3v) is 4.21. The van der Waals surface area contributed by atoms with Crippen molar-refractivity contribution < 1.29 is 21.9 Å². The van der Waals surface area contributed by atoms with Gasteiger partial charge >= 0.3 is 0 Å². The number of sulfonamides is 1. The molecule has 0 radical (unpaired) electrons. The number of hydrogen-bond acceptors (Lipinski definition) is 3. The monoisotopic (exact) mass is 333 g/mol. The smallest absolute Gasteiger partial charge is 0.262 e. The van der Waals surface area contributed by atoms with Crippen LogP contribution in [0.5, 0.6) is 5.75 Å². The Morgan fingerprint density at radius 1 is 1.10 bits per heavy atom. The van der Waals surface area contributed by atoms with Crippen molar-refractivity contribution in [2.45, 2.75) is 4.90 Å². The second kappa shape index (κ2) is 5.87. The molecule has 2 aromatic carbocycles. The van der Waals surface area contributed by atoms with E-state index in [1.165, 1.54) is 25.3 Å². The molecule has 2 rings (SSSR count). The van der Waals surface area contributed by atoms with Crippen molar-refractivity contribution in [3.63, 3.8) is 0 Å². The molecule has 0 bridgehead atoms. The standard InChI is InChI=1S/C13H10ClF2NO3S/c1-20-13-3-2-10(7-12(13)14)17-21(18,19)11-5-8(15)4-9(16)6-11/h2-7,17H,1H3. The normalized spacial score (nSPS) is 11.2. The summed E-state index contributed by atoms with van der Waals surface area (Å²) in [5.41, 5.74) is 0.144. The van der Waals surface area contributed by atoms with Gasteiger partial charge in [-0.1, -0.05) is 11.6 Å². The van der Waals surface area contributed by atoms with Gasteiger partial charge in [-0.3, -0.25) is 4.72 Å². The highest BCUT2D eigenvalue weighted by Crippen LogP contribution is 2.28. The van der Waals surface area contributed by atoms with Crippen molar-refractivity contribution in [3.8, 4) is 5.75 Å². The summed E-state index contributed by atoms with van der Waals surface area (Å²) in [6.07, 6.45) is 0. The predicted octanol–water partition coefficient (Wildman–Crippen LogP) is 3.43. The molecule has 0 spiro atoms. The largest absolute Gasteiger partial charge is 0.495 e. The van der Waals surface area contributed by atoms with E-state index in [0.717, 1.165) is 12.1 Å². The molecule has 0 aliphatic heterocycles. The molecule has 0 saturated heterocycles. The van der Waals surface area contributed by atoms with Gasteiger partial charge in [-0.15, -0.1) is 0 Å². The van der Waals surface area contributed by atoms with E-state index in [1.807, 2.05) is 0 Å². The molecule has 2 aromatic rings. The minimum absolute atomic E-state index is 0.144. The minimum Gasteiger partial charge on any atom is -0.495 e. The lowest BCUT2D eigenvalue weighted by Crippen LogP contribution is -2.13. The van der Waals surface area contributed by atoms with Crippen molar-refractivity contribution in [3.05, 3.63) is 53.1 Å². The molecule has 0 unspecified atom stereocenters. The Kier molecular flexibility index (Phi) is 4.34. The van der Waals surface area contributed by atoms with Crippen LogP contribution in [0.15, 0.2) is 41.3 Å². The molecular weight excluding hydrogens is 324 g/mol. The maximum Gasteiger partial charge on any atom is 0.262 e. The molecule has 112 valence electrons. The second-order valence-corrected chi connectivity index (χ2v) is 6.15. The van der Waals surface area contributed by atoms with Crippen LogP contribution in [0.25, 0.3) is 0 Å². The van der Waals surface area contributed by atoms with Crippen LogP contribution in [-0.2, 0) is 10.0 Å². The van der Waals surface area contributed by atoms with E-state index in [0.29, 0.717) is 11.8 Å². The molecule has 0 amide bonds. The lowest BCUT2D eigenvalue weighted by Gasteiger charge is -2.10. The predicted molar refractivity (Wildman–Crippen MR) is 75.2 cm³/mol. The fraction of sp³-hybridized carbons (Fsp3) is 0.0769. The summed E-state index contributed by atoms with van der Waals surface area (Å²) in [6, 6.07) is 6.23. The summed E-state index contributed by atoms with van der Waals surface area (Å²) in [6.45, 7) is 0. The molecule has 0 heterocycles. The highest BCUT2D eigenvalue weighted by Gasteiger charge is 2.17. The molecule has 0 aromatic heterocycles. The van der Waals surface area contributed by atoms with Crippen molar-refractivity contribution in [2.75, 3.05) is 11.8 Å². The van der Waals surface area contributed by atoms with E-state index >= 15 is 0 Å². The average Bonchev–Trinajstić information content (AvgIpc) is 2.37. The van der Waals surface area contributed by atoms with Crippen LogP contribution in [0.1, 0.15) is 0 Å². The van der Waals surface area contributed by atoms with Crippen LogP contribution >= 0.6 is 11.6 Å². The van der Waals surface area contributed by atoms with Gasteiger partial charge in [-0.05, 0) is 30.3 Å². The van der Waals surface area contributed by atoms with Crippen LogP contribution in [0.3, 0.4) is 0 Å². The number of benzene rings is 2. The van der Waals surface area contributed by atoms with Gasteiger partial charge in [-0.25, -0.2) is 17.2 Å². The molecule has 0 aliphatic carbocycles. The first-order valence-electron chi connectivity index (χ1n) is 5.64. The zero-order chi connectivity index (χ0) is 15.6. The molecular formula is C13H10ClF2NO3S. The van der Waals surface area contributed by atoms with Gasteiger partial charge in [0.05, 0.1) is 22.7 Å². The van der Waals surface area contributed by atoms with Gasteiger partial charge in [-0.2, -0.15) is 0 Å². The first-order valence-corrected chi connectivity index (χ1v) is 7.50. The summed E-state index contributed by atoms with van der Waals surface area (Å²) >= 11 is 5.88. The van der Waals surface area contributed by atoms with Crippen LogP contribution in [-0.4, -0.2) is 15.5 Å². The van der Waals surface area contributed by atoms with Crippen LogP contribution in [0.4, 0.5) is 14.5 Å². The van der Waals surface area contributed by atoms with Crippen molar-refractivity contribution >= 4 is 27.3 Å². The zero-order valence-electron chi connectivity index (χ0n) is 10.7. The maximum absolute atomic E-state index is 13.1. The summed E-state index contributed by atoms with van der Waals surface area (Å²) in [5.74, 6) is -1.59. The number of methoxy groups -OCH3 is 1. The number of ether oxygens (including phenoxy) is 1. The quantitative estimate of drug-likeness (QED) is 0.932. The van der Waals surface area contributed by atoms with E-state index in [2.05, 4.69) is 4.72 Å². The Morgan fingerprint density at radius 2 is 1.71 bits per heavy atom. The van der Waals surface area contributed by atoms with Gasteiger partial charge in [0.1, 0.15) is 17.4 Å². The Labute approximate surface area is 125 Å². The summed E-state index contributed by atoms with van der Waals surface area (Å²) in [5, 5.41) is 0.197. The van der Waals surface area contributed by atoms with Crippen molar-refractivity contribution in [1.82, 2.24) is 0 Å². The van der Waals surface area contributed by atoms with Crippen molar-refractivity contribution in [1.29, 1.82) is 0 Å². The molecule has 8 heteroatoms. The van der Waals surface area contributed by atoms with E-state index in [1.54, 1.807) is 0 Å². The molecule has 4 nitrogen and oxygen atoms in total. The van der Waals surface area contributed by atoms with Gasteiger partial charge < -0.3 is 4.74 Å². The summed E-state index contributed by atoms with van der Waals surface area (Å²) < 4.78 is 57.4. The Bertz CT molecular complexity index is 761. The molecule has 1 N–H and O–H groups in total. The lowest BCUT2D eigenvalue weighted by atomic mass is 10.3. The van der Waals surface area contributed by atoms with Gasteiger partial charge in [0.15, 0.2) is 0 Å². The maximum atomic E-state index is 13.1. The Balaban J connectivity index is 2.35. The number of nitrogens with one attached hydrogen (secondary N) is 1. The van der Waals surface area contributed by atoms with E-state index in [4.69, 9.17) is 16.3 Å². The van der Waals surface area contributed by atoms with E-state index in [-0.39, 0.29) is 10.7 Å².